The third kappa shape index (κ3) is 1.80. The number of aryl methyl sites for hydroxylation is 1. The number of H-pyrrole nitrogens is 1. The molecule has 1 aliphatic heterocycles. The number of nitrogens with zero attached hydrogens (tertiary/aromatic N) is 2. The van der Waals surface area contributed by atoms with E-state index < -0.39 is 0 Å². The predicted molar refractivity (Wildman–Crippen MR) is 78.6 cm³/mol. The lowest BCUT2D eigenvalue weighted by Gasteiger charge is -2.24. The number of pyridine rings is 1. The number of hydrogen-bond donors (Lipinski definition) is 2. The van der Waals surface area contributed by atoms with Gasteiger partial charge >= 0.3 is 0 Å². The molecule has 100 valence electrons. The Morgan fingerprint density at radius 1 is 1.10 bits per heavy atom. The fourth-order valence-electron chi connectivity index (χ4n) is 2.91. The predicted octanol–water partition coefficient (Wildman–Crippen LogP) is 2.50. The summed E-state index contributed by atoms with van der Waals surface area (Å²) in [4.78, 5) is 12.6. The fraction of sp³-hybridized carbons (Fsp3) is 0.250. The molecule has 0 spiro atoms. The van der Waals surface area contributed by atoms with Gasteiger partial charge in [-0.05, 0) is 30.2 Å². The van der Waals surface area contributed by atoms with Gasteiger partial charge in [0, 0.05) is 18.8 Å². The molecule has 1 aliphatic rings. The molecule has 4 nitrogen and oxygen atoms in total. The summed E-state index contributed by atoms with van der Waals surface area (Å²) in [5, 5.41) is 3.46. The standard InChI is InChI=1S/C16H16N4/c1-10-6-7-14-16(18-10)20-15(19-14)13-9-17-8-11-4-2-3-5-12(11)13/h2-7,13,17H,8-9H2,1H3,(H,18,19,20). The Morgan fingerprint density at radius 2 is 2.00 bits per heavy atom. The van der Waals surface area contributed by atoms with Crippen molar-refractivity contribution in [3.63, 3.8) is 0 Å². The minimum absolute atomic E-state index is 0.273. The van der Waals surface area contributed by atoms with E-state index in [9.17, 15) is 0 Å². The van der Waals surface area contributed by atoms with Crippen LogP contribution in [0.15, 0.2) is 36.4 Å². The lowest BCUT2D eigenvalue weighted by atomic mass is 9.90. The van der Waals surface area contributed by atoms with E-state index in [1.807, 2.05) is 13.0 Å². The second-order valence-corrected chi connectivity index (χ2v) is 5.33. The van der Waals surface area contributed by atoms with E-state index in [4.69, 9.17) is 0 Å². The van der Waals surface area contributed by atoms with Crippen molar-refractivity contribution < 1.29 is 0 Å². The third-order valence-corrected chi connectivity index (χ3v) is 3.93. The number of aromatic amines is 1. The molecule has 2 N–H and O–H groups in total. The molecule has 1 aromatic carbocycles. The van der Waals surface area contributed by atoms with Gasteiger partial charge < -0.3 is 10.3 Å². The summed E-state index contributed by atoms with van der Waals surface area (Å²) in [7, 11) is 0. The van der Waals surface area contributed by atoms with Gasteiger partial charge in [0.15, 0.2) is 5.65 Å². The first kappa shape index (κ1) is 11.6. The molecule has 0 amide bonds. The molecule has 0 fully saturated rings. The second-order valence-electron chi connectivity index (χ2n) is 5.33. The zero-order valence-electron chi connectivity index (χ0n) is 11.4. The molecule has 0 aliphatic carbocycles. The van der Waals surface area contributed by atoms with Crippen molar-refractivity contribution in [2.24, 2.45) is 0 Å². The highest BCUT2D eigenvalue weighted by atomic mass is 15.0. The van der Waals surface area contributed by atoms with Gasteiger partial charge in [0.05, 0.1) is 11.4 Å². The molecule has 0 saturated carbocycles. The normalized spacial score (nSPS) is 18.1. The molecule has 4 rings (SSSR count). The monoisotopic (exact) mass is 264 g/mol. The van der Waals surface area contributed by atoms with Crippen molar-refractivity contribution in [3.05, 3.63) is 59.0 Å². The van der Waals surface area contributed by atoms with Gasteiger partial charge in [-0.3, -0.25) is 0 Å². The van der Waals surface area contributed by atoms with E-state index in [2.05, 4.69) is 50.6 Å². The Balaban J connectivity index is 1.84. The summed E-state index contributed by atoms with van der Waals surface area (Å²) in [5.41, 5.74) is 5.53. The minimum Gasteiger partial charge on any atom is -0.340 e. The lowest BCUT2D eigenvalue weighted by molar-refractivity contribution is 0.576. The molecule has 20 heavy (non-hydrogen) atoms. The zero-order chi connectivity index (χ0) is 13.5. The first-order chi connectivity index (χ1) is 9.81. The number of fused-ring (bicyclic) bond motifs is 2. The van der Waals surface area contributed by atoms with Gasteiger partial charge in [-0.2, -0.15) is 0 Å². The van der Waals surface area contributed by atoms with Crippen LogP contribution < -0.4 is 5.32 Å². The van der Waals surface area contributed by atoms with Crippen molar-refractivity contribution in [3.8, 4) is 0 Å². The van der Waals surface area contributed by atoms with Crippen LogP contribution in [0, 0.1) is 6.92 Å². The minimum atomic E-state index is 0.273. The van der Waals surface area contributed by atoms with Crippen molar-refractivity contribution in [2.75, 3.05) is 6.54 Å². The van der Waals surface area contributed by atoms with E-state index in [0.29, 0.717) is 0 Å². The van der Waals surface area contributed by atoms with Gasteiger partial charge in [0.25, 0.3) is 0 Å². The summed E-state index contributed by atoms with van der Waals surface area (Å²) in [6.45, 7) is 3.84. The van der Waals surface area contributed by atoms with Crippen LogP contribution in [-0.2, 0) is 6.54 Å². The van der Waals surface area contributed by atoms with E-state index >= 15 is 0 Å². The molecule has 0 bridgehead atoms. The molecule has 0 radical (unpaired) electrons. The Kier molecular flexibility index (Phi) is 2.57. The highest BCUT2D eigenvalue weighted by Crippen LogP contribution is 2.29. The largest absolute Gasteiger partial charge is 0.340 e. The number of aromatic nitrogens is 3. The summed E-state index contributed by atoms with van der Waals surface area (Å²) < 4.78 is 0. The van der Waals surface area contributed by atoms with Crippen LogP contribution in [0.2, 0.25) is 0 Å². The Bertz CT molecular complexity index is 775. The highest BCUT2D eigenvalue weighted by Gasteiger charge is 2.23. The van der Waals surface area contributed by atoms with Gasteiger partial charge in [-0.15, -0.1) is 0 Å². The van der Waals surface area contributed by atoms with Gasteiger partial charge in [0.2, 0.25) is 0 Å². The van der Waals surface area contributed by atoms with E-state index in [-0.39, 0.29) is 5.92 Å². The maximum Gasteiger partial charge on any atom is 0.177 e. The van der Waals surface area contributed by atoms with E-state index in [1.54, 1.807) is 0 Å². The van der Waals surface area contributed by atoms with Crippen LogP contribution in [0.3, 0.4) is 0 Å². The summed E-state index contributed by atoms with van der Waals surface area (Å²) in [6, 6.07) is 12.6. The van der Waals surface area contributed by atoms with Crippen LogP contribution >= 0.6 is 0 Å². The summed E-state index contributed by atoms with van der Waals surface area (Å²) >= 11 is 0. The van der Waals surface area contributed by atoms with E-state index in [1.165, 1.54) is 11.1 Å². The molecule has 4 heteroatoms. The van der Waals surface area contributed by atoms with Crippen molar-refractivity contribution in [1.29, 1.82) is 0 Å². The maximum absolute atomic E-state index is 4.69. The smallest absolute Gasteiger partial charge is 0.177 e. The molecule has 3 heterocycles. The number of imidazole rings is 1. The van der Waals surface area contributed by atoms with Crippen LogP contribution in [0.5, 0.6) is 0 Å². The fourth-order valence-corrected chi connectivity index (χ4v) is 2.91. The van der Waals surface area contributed by atoms with Crippen molar-refractivity contribution in [1.82, 2.24) is 20.3 Å². The number of rotatable bonds is 1. The van der Waals surface area contributed by atoms with Crippen LogP contribution in [-0.4, -0.2) is 21.5 Å². The average molecular weight is 264 g/mol. The number of hydrogen-bond acceptors (Lipinski definition) is 3. The Labute approximate surface area is 117 Å². The topological polar surface area (TPSA) is 53.6 Å². The summed E-state index contributed by atoms with van der Waals surface area (Å²) in [6.07, 6.45) is 0. The van der Waals surface area contributed by atoms with Crippen LogP contribution in [0.25, 0.3) is 11.2 Å². The molecule has 2 aromatic heterocycles. The van der Waals surface area contributed by atoms with Crippen LogP contribution in [0.1, 0.15) is 28.6 Å². The SMILES string of the molecule is Cc1ccc2[nH]c(C3CNCc4ccccc43)nc2n1. The van der Waals surface area contributed by atoms with Crippen molar-refractivity contribution in [2.45, 2.75) is 19.4 Å². The maximum atomic E-state index is 4.69. The summed E-state index contributed by atoms with van der Waals surface area (Å²) in [5.74, 6) is 1.27. The highest BCUT2D eigenvalue weighted by molar-refractivity contribution is 5.71. The number of nitrogens with one attached hydrogen (secondary N) is 2. The molecule has 0 saturated heterocycles. The molecular weight excluding hydrogens is 248 g/mol. The van der Waals surface area contributed by atoms with Gasteiger partial charge in [-0.1, -0.05) is 24.3 Å². The molecular formula is C16H16N4. The molecule has 3 aromatic rings. The first-order valence-electron chi connectivity index (χ1n) is 6.93. The Hall–Kier alpha value is -2.20. The van der Waals surface area contributed by atoms with Gasteiger partial charge in [0.1, 0.15) is 5.82 Å². The average Bonchev–Trinajstić information content (AvgIpc) is 2.89. The zero-order valence-corrected chi connectivity index (χ0v) is 11.4. The molecule has 1 unspecified atom stereocenters. The van der Waals surface area contributed by atoms with Gasteiger partial charge in [-0.25, -0.2) is 9.97 Å². The molecule has 1 atom stereocenters. The first-order valence-corrected chi connectivity index (χ1v) is 6.93. The van der Waals surface area contributed by atoms with Crippen molar-refractivity contribution >= 4 is 11.2 Å². The quantitative estimate of drug-likeness (QED) is 0.710. The second kappa shape index (κ2) is 4.42. The van der Waals surface area contributed by atoms with E-state index in [0.717, 1.165) is 35.8 Å². The van der Waals surface area contributed by atoms with Crippen LogP contribution in [0.4, 0.5) is 0 Å². The Morgan fingerprint density at radius 3 is 2.95 bits per heavy atom. The number of benzene rings is 1. The third-order valence-electron chi connectivity index (χ3n) is 3.93. The lowest BCUT2D eigenvalue weighted by Crippen LogP contribution is -2.29.